The summed E-state index contributed by atoms with van der Waals surface area (Å²) >= 11 is 6.17. The molecular weight excluding hydrogens is 998 g/mol. The quantitative estimate of drug-likeness (QED) is 0.0449. The molecule has 0 amide bonds. The number of nitrogens with two attached hydrogens (primary N) is 2. The van der Waals surface area contributed by atoms with Gasteiger partial charge in [0.2, 0.25) is 17.5 Å². The van der Waals surface area contributed by atoms with Crippen LogP contribution < -0.4 is 41.6 Å². The zero-order chi connectivity index (χ0) is 44.6. The van der Waals surface area contributed by atoms with Crippen molar-refractivity contribution in [3.8, 4) is 17.2 Å². The third kappa shape index (κ3) is 12.9. The van der Waals surface area contributed by atoms with E-state index >= 15 is 0 Å². The van der Waals surface area contributed by atoms with Gasteiger partial charge in [-0.15, -0.1) is 0 Å². The van der Waals surface area contributed by atoms with Crippen molar-refractivity contribution in [1.82, 2.24) is 45.3 Å². The van der Waals surface area contributed by atoms with Crippen LogP contribution in [0.3, 0.4) is 0 Å². The molecule has 0 unspecified atom stereocenters. The largest absolute Gasteiger partial charge is 0.446 e. The van der Waals surface area contributed by atoms with Crippen molar-refractivity contribution >= 4 is 75.4 Å². The molecule has 3 heterocycles. The van der Waals surface area contributed by atoms with E-state index in [9.17, 15) is 35.6 Å². The molecular formula is C33H40Br2F2N14O9S2. The van der Waals surface area contributed by atoms with Crippen LogP contribution in [0.1, 0.15) is 57.1 Å². The van der Waals surface area contributed by atoms with Crippen molar-refractivity contribution in [3.05, 3.63) is 73.2 Å². The van der Waals surface area contributed by atoms with Gasteiger partial charge in [-0.2, -0.15) is 16.8 Å². The van der Waals surface area contributed by atoms with Gasteiger partial charge in [-0.3, -0.25) is 15.2 Å². The summed E-state index contributed by atoms with van der Waals surface area (Å²) in [7, 11) is -7.40. The number of aliphatic imine (C=N–C) groups is 1. The maximum Gasteiger partial charge on any atom is 0.446 e. The van der Waals surface area contributed by atoms with Crippen LogP contribution >= 0.6 is 31.9 Å². The lowest BCUT2D eigenvalue weighted by Crippen LogP contribution is -2.37. The summed E-state index contributed by atoms with van der Waals surface area (Å²) in [5, 5.41) is 45.0. The maximum atomic E-state index is 13.6. The Morgan fingerprint density at radius 2 is 1.31 bits per heavy atom. The van der Waals surface area contributed by atoms with E-state index in [1.54, 1.807) is 0 Å². The summed E-state index contributed by atoms with van der Waals surface area (Å²) in [6.07, 6.45) is 6.19. The third-order valence-corrected chi connectivity index (χ3v) is 12.3. The number of halogens is 4. The number of nitrogens with zero attached hydrogens (tertiary/aromatic N) is 7. The number of hydrogen-bond donors (Lipinski definition) is 8. The van der Waals surface area contributed by atoms with E-state index in [1.807, 2.05) is 5.48 Å². The molecule has 0 spiro atoms. The summed E-state index contributed by atoms with van der Waals surface area (Å²) < 4.78 is 91.8. The minimum atomic E-state index is -3.71. The predicted octanol–water partition coefficient (Wildman–Crippen LogP) is 3.33. The number of rotatable bonds is 14. The van der Waals surface area contributed by atoms with E-state index in [0.717, 1.165) is 55.9 Å². The summed E-state index contributed by atoms with van der Waals surface area (Å²) in [6, 6.07) is 8.22. The Labute approximate surface area is 368 Å². The van der Waals surface area contributed by atoms with Gasteiger partial charge in [0.25, 0.3) is 20.4 Å². The molecule has 2 aliphatic carbocycles. The molecule has 29 heteroatoms. The van der Waals surface area contributed by atoms with Gasteiger partial charge in [0.15, 0.2) is 17.2 Å². The average molecular weight is 1040 g/mol. The zero-order valence-corrected chi connectivity index (χ0v) is 37.0. The van der Waals surface area contributed by atoms with Crippen molar-refractivity contribution in [2.24, 2.45) is 27.1 Å². The van der Waals surface area contributed by atoms with Crippen LogP contribution in [0.25, 0.3) is 17.2 Å². The van der Waals surface area contributed by atoms with Crippen LogP contribution in [0.5, 0.6) is 0 Å². The minimum absolute atomic E-state index is 0.0247. The van der Waals surface area contributed by atoms with Gasteiger partial charge in [-0.25, -0.2) is 52.1 Å². The molecule has 0 saturated heterocycles. The standard InChI is InChI=1S/C17H19BrFN7O5S.C16H21BrFN7O4S/c18-12-7-11(5-6-13(12)19)26-16(25-30-17(26)27)14-15(24-31-23-14)22-10-3-1-9(2-4-10)8-21-32(20,28)29;17-12-7-11(5-6-13(12)18)22-15(23-26)14-16(25-29-24-14)21-10-3-1-9(2-4-10)8-20-30(19,27)28/h5-7,9-10,21H,1-4,8H2,(H,22,24)(H2,20,28,29);5-7,9-10,20,26H,1-4,8H2,(H,21,25)(H,22,23)(H2,19,27,28). The highest BCUT2D eigenvalue weighted by Crippen LogP contribution is 2.31. The van der Waals surface area contributed by atoms with Crippen molar-refractivity contribution < 1.29 is 44.6 Å². The van der Waals surface area contributed by atoms with Gasteiger partial charge in [-0.1, -0.05) is 5.16 Å². The lowest BCUT2D eigenvalue weighted by Gasteiger charge is -2.28. The molecule has 10 N–H and O–H groups in total. The van der Waals surface area contributed by atoms with Crippen LogP contribution in [0.4, 0.5) is 26.1 Å². The normalized spacial score (nSPS) is 19.7. The number of nitrogens with one attached hydrogen (secondary N) is 5. The molecule has 23 nitrogen and oxygen atoms in total. The zero-order valence-electron chi connectivity index (χ0n) is 32.2. The van der Waals surface area contributed by atoms with Gasteiger partial charge in [0.05, 0.1) is 20.3 Å². The van der Waals surface area contributed by atoms with Crippen LogP contribution in [0.15, 0.2) is 68.9 Å². The molecule has 2 fully saturated rings. The van der Waals surface area contributed by atoms with Crippen molar-refractivity contribution in [1.29, 1.82) is 0 Å². The number of hydrogen-bond acceptors (Lipinski definition) is 17. The number of aromatic nitrogens is 6. The Bertz CT molecular complexity index is 2630. The Hall–Kier alpha value is -4.75. The monoisotopic (exact) mass is 1040 g/mol. The van der Waals surface area contributed by atoms with E-state index in [4.69, 9.17) is 24.1 Å². The summed E-state index contributed by atoms with van der Waals surface area (Å²) in [5.41, 5.74) is 2.98. The van der Waals surface area contributed by atoms with Crippen LogP contribution in [0.2, 0.25) is 0 Å². The van der Waals surface area contributed by atoms with Crippen molar-refractivity contribution in [2.45, 2.75) is 63.5 Å². The molecule has 7 rings (SSSR count). The first-order valence-electron chi connectivity index (χ1n) is 18.7. The first kappa shape index (κ1) is 46.7. The van der Waals surface area contributed by atoms with Crippen molar-refractivity contribution in [2.75, 3.05) is 23.7 Å². The molecule has 3 aromatic heterocycles. The number of hydroxylamine groups is 1. The molecule has 2 aromatic carbocycles. The summed E-state index contributed by atoms with van der Waals surface area (Å²) in [4.78, 5) is 16.5. The average Bonchev–Trinajstić information content (AvgIpc) is 3.98. The maximum absolute atomic E-state index is 13.6. The van der Waals surface area contributed by atoms with Gasteiger partial charge in [0.1, 0.15) is 11.6 Å². The molecule has 5 aromatic rings. The fourth-order valence-corrected chi connectivity index (χ4v) is 8.48. The Kier molecular flexibility index (Phi) is 15.5. The SMILES string of the molecule is NS(=O)(=O)NCC1CCC(Nc2nonc2-c2noc(=O)n2-c2ccc(F)c(Br)c2)CC1.NS(=O)(=O)NCC1CCC(Nc2nonc2C(=Nc2ccc(F)c(Br)c2)NO)CC1. The summed E-state index contributed by atoms with van der Waals surface area (Å²) in [5.74, 6) is -0.736. The Balaban J connectivity index is 0.000000207. The first-order chi connectivity index (χ1) is 29.5. The van der Waals surface area contributed by atoms with E-state index in [1.165, 1.54) is 36.4 Å². The second-order valence-corrected chi connectivity index (χ2v) is 18.8. The highest BCUT2D eigenvalue weighted by Gasteiger charge is 2.28. The van der Waals surface area contributed by atoms with E-state index < -0.39 is 37.8 Å². The van der Waals surface area contributed by atoms with Gasteiger partial charge < -0.3 is 10.6 Å². The van der Waals surface area contributed by atoms with Crippen LogP contribution in [-0.4, -0.2) is 83.4 Å². The minimum Gasteiger partial charge on any atom is -0.363 e. The fourth-order valence-electron chi connectivity index (χ4n) is 6.81. The number of amidine groups is 1. The predicted molar refractivity (Wildman–Crippen MR) is 224 cm³/mol. The van der Waals surface area contributed by atoms with Crippen LogP contribution in [-0.2, 0) is 20.4 Å². The lowest BCUT2D eigenvalue weighted by atomic mass is 9.86. The molecule has 0 radical (unpaired) electrons. The van der Waals surface area contributed by atoms with E-state index in [0.29, 0.717) is 30.3 Å². The lowest BCUT2D eigenvalue weighted by molar-refractivity contribution is 0.234. The Morgan fingerprint density at radius 3 is 1.85 bits per heavy atom. The van der Waals surface area contributed by atoms with Crippen molar-refractivity contribution in [3.63, 3.8) is 0 Å². The van der Waals surface area contributed by atoms with Gasteiger partial charge in [0, 0.05) is 25.2 Å². The van der Waals surface area contributed by atoms with Gasteiger partial charge >= 0.3 is 5.76 Å². The van der Waals surface area contributed by atoms with Gasteiger partial charge in [-0.05, 0) is 152 Å². The molecule has 0 aliphatic heterocycles. The summed E-state index contributed by atoms with van der Waals surface area (Å²) in [6.45, 7) is 0.599. The highest BCUT2D eigenvalue weighted by molar-refractivity contribution is 9.10. The highest BCUT2D eigenvalue weighted by atomic mass is 79.9. The van der Waals surface area contributed by atoms with E-state index in [-0.39, 0.29) is 61.7 Å². The third-order valence-electron chi connectivity index (χ3n) is 9.95. The van der Waals surface area contributed by atoms with Crippen LogP contribution in [0, 0.1) is 23.5 Å². The number of anilines is 2. The fraction of sp³-hybridized carbons (Fsp3) is 0.424. The molecule has 62 heavy (non-hydrogen) atoms. The smallest absolute Gasteiger partial charge is 0.363 e. The second-order valence-electron chi connectivity index (χ2n) is 14.3. The molecule has 2 saturated carbocycles. The molecule has 336 valence electrons. The molecule has 0 atom stereocenters. The number of benzene rings is 2. The molecule has 0 bridgehead atoms. The second kappa shape index (κ2) is 20.6. The van der Waals surface area contributed by atoms with E-state index in [2.05, 4.69) is 82.7 Å². The topological polar surface area (TPSA) is 339 Å². The first-order valence-corrected chi connectivity index (χ1v) is 23.4. The molecule has 2 aliphatic rings. The Morgan fingerprint density at radius 1 is 0.774 bits per heavy atom.